The monoisotopic (exact) mass is 347 g/mol. The molecule has 0 aliphatic carbocycles. The molecular weight excluding hydrogens is 322 g/mol. The Hall–Kier alpha value is -2.05. The highest BCUT2D eigenvalue weighted by atomic mass is 32.2. The molecule has 0 aliphatic heterocycles. The maximum Gasteiger partial charge on any atom is 0.301 e. The van der Waals surface area contributed by atoms with E-state index in [0.717, 1.165) is 15.7 Å². The van der Waals surface area contributed by atoms with E-state index >= 15 is 0 Å². The summed E-state index contributed by atoms with van der Waals surface area (Å²) in [6.45, 7) is 6.52. The molecule has 0 spiro atoms. The minimum Gasteiger partial charge on any atom is -0.355 e. The van der Waals surface area contributed by atoms with E-state index in [9.17, 15) is 8.42 Å². The van der Waals surface area contributed by atoms with Crippen LogP contribution in [-0.2, 0) is 15.6 Å². The molecule has 0 radical (unpaired) electrons. The van der Waals surface area contributed by atoms with Crippen LogP contribution in [0, 0.1) is 0 Å². The zero-order chi connectivity index (χ0) is 18.0. The lowest BCUT2D eigenvalue weighted by Gasteiger charge is -2.23. The second-order valence-electron chi connectivity index (χ2n) is 6.89. The zero-order valence-electron chi connectivity index (χ0n) is 14.8. The van der Waals surface area contributed by atoms with E-state index in [1.165, 1.54) is 19.7 Å². The van der Waals surface area contributed by atoms with Crippen molar-refractivity contribution in [1.82, 2.24) is 4.31 Å². The highest BCUT2D eigenvalue weighted by molar-refractivity contribution is 7.90. The molecule has 0 amide bonds. The summed E-state index contributed by atoms with van der Waals surface area (Å²) < 4.78 is 27.3. The maximum atomic E-state index is 11.8. The summed E-state index contributed by atoms with van der Waals surface area (Å²) in [4.78, 5) is 0. The van der Waals surface area contributed by atoms with Crippen molar-refractivity contribution in [3.63, 3.8) is 0 Å². The molecule has 0 aliphatic rings. The van der Waals surface area contributed by atoms with Crippen molar-refractivity contribution in [3.8, 4) is 0 Å². The lowest BCUT2D eigenvalue weighted by molar-refractivity contribution is 0.527. The first-order valence-electron chi connectivity index (χ1n) is 7.76. The summed E-state index contributed by atoms with van der Waals surface area (Å²) in [5, 5.41) is 3.40. The molecule has 0 saturated carbocycles. The van der Waals surface area contributed by atoms with Crippen molar-refractivity contribution in [2.45, 2.75) is 26.2 Å². The van der Waals surface area contributed by atoms with Gasteiger partial charge >= 0.3 is 10.2 Å². The summed E-state index contributed by atoms with van der Waals surface area (Å²) in [6, 6.07) is 15.4. The van der Waals surface area contributed by atoms with Gasteiger partial charge in [0.25, 0.3) is 0 Å². The fourth-order valence-corrected chi connectivity index (χ4v) is 2.88. The molecule has 2 N–H and O–H groups in total. The summed E-state index contributed by atoms with van der Waals surface area (Å²) >= 11 is 0. The first-order valence-corrected chi connectivity index (χ1v) is 9.20. The molecule has 130 valence electrons. The number of hydrogen-bond acceptors (Lipinski definition) is 3. The van der Waals surface area contributed by atoms with Crippen molar-refractivity contribution in [1.29, 1.82) is 0 Å². The van der Waals surface area contributed by atoms with Crippen LogP contribution in [0.3, 0.4) is 0 Å². The Morgan fingerprint density at radius 2 is 1.42 bits per heavy atom. The van der Waals surface area contributed by atoms with E-state index < -0.39 is 10.2 Å². The summed E-state index contributed by atoms with van der Waals surface area (Å²) in [6.07, 6.45) is 0. The second-order valence-corrected chi connectivity index (χ2v) is 8.77. The van der Waals surface area contributed by atoms with Crippen molar-refractivity contribution in [2.24, 2.45) is 0 Å². The van der Waals surface area contributed by atoms with E-state index in [-0.39, 0.29) is 5.41 Å². The van der Waals surface area contributed by atoms with Gasteiger partial charge in [0.1, 0.15) is 0 Å². The molecule has 0 aromatic heterocycles. The van der Waals surface area contributed by atoms with Crippen LogP contribution in [0.2, 0.25) is 0 Å². The molecule has 2 aromatic rings. The zero-order valence-corrected chi connectivity index (χ0v) is 15.6. The standard InChI is InChI=1S/C18H25N3O2S/c1-18(2,3)16-8-6-7-9-17(16)19-14-10-12-15(13-11-14)20-24(22,23)21(4)5/h6-13,19-20H,1-5H3. The average Bonchev–Trinajstić information content (AvgIpc) is 2.48. The smallest absolute Gasteiger partial charge is 0.301 e. The van der Waals surface area contributed by atoms with Crippen molar-refractivity contribution in [3.05, 3.63) is 54.1 Å². The Kier molecular flexibility index (Phi) is 5.20. The predicted octanol–water partition coefficient (Wildman–Crippen LogP) is 3.95. The molecule has 0 saturated heterocycles. The number of hydrogen-bond donors (Lipinski definition) is 2. The van der Waals surface area contributed by atoms with Crippen molar-refractivity contribution >= 4 is 27.3 Å². The maximum absolute atomic E-state index is 11.8. The van der Waals surface area contributed by atoms with Gasteiger partial charge in [0.2, 0.25) is 0 Å². The van der Waals surface area contributed by atoms with Gasteiger partial charge in [-0.2, -0.15) is 12.7 Å². The van der Waals surface area contributed by atoms with E-state index in [4.69, 9.17) is 0 Å². The molecule has 0 bridgehead atoms. The van der Waals surface area contributed by atoms with Gasteiger partial charge in [-0.3, -0.25) is 4.72 Å². The fraction of sp³-hybridized carbons (Fsp3) is 0.333. The minimum absolute atomic E-state index is 0.0326. The molecule has 6 heteroatoms. The Morgan fingerprint density at radius 1 is 0.875 bits per heavy atom. The van der Waals surface area contributed by atoms with Crippen molar-refractivity contribution < 1.29 is 8.42 Å². The van der Waals surface area contributed by atoms with Crippen LogP contribution in [0.1, 0.15) is 26.3 Å². The average molecular weight is 347 g/mol. The van der Waals surface area contributed by atoms with Crippen LogP contribution in [-0.4, -0.2) is 26.8 Å². The summed E-state index contributed by atoms with van der Waals surface area (Å²) in [5.41, 5.74) is 3.73. The van der Waals surface area contributed by atoms with E-state index in [0.29, 0.717) is 5.69 Å². The lowest BCUT2D eigenvalue weighted by Crippen LogP contribution is -2.28. The Bertz CT molecular complexity index is 792. The normalized spacial score (nSPS) is 12.2. The molecule has 2 rings (SSSR count). The van der Waals surface area contributed by atoms with Gasteiger partial charge < -0.3 is 5.32 Å². The number of rotatable bonds is 5. The molecular formula is C18H25N3O2S. The van der Waals surface area contributed by atoms with Gasteiger partial charge in [0, 0.05) is 31.2 Å². The van der Waals surface area contributed by atoms with E-state index in [2.05, 4.69) is 36.9 Å². The summed E-state index contributed by atoms with van der Waals surface area (Å²) in [7, 11) is -0.511. The number of para-hydroxylation sites is 1. The van der Waals surface area contributed by atoms with Crippen molar-refractivity contribution in [2.75, 3.05) is 24.1 Å². The molecule has 24 heavy (non-hydrogen) atoms. The third-order valence-corrected chi connectivity index (χ3v) is 5.08. The van der Waals surface area contributed by atoms with Gasteiger partial charge in [0.05, 0.1) is 0 Å². The number of benzene rings is 2. The van der Waals surface area contributed by atoms with Gasteiger partial charge in [-0.1, -0.05) is 39.0 Å². The first-order chi connectivity index (χ1) is 11.1. The Morgan fingerprint density at radius 3 is 1.96 bits per heavy atom. The van der Waals surface area contributed by atoms with Crippen LogP contribution >= 0.6 is 0 Å². The molecule has 0 fully saturated rings. The first kappa shape index (κ1) is 18.3. The number of nitrogens with zero attached hydrogens (tertiary/aromatic N) is 1. The predicted molar refractivity (Wildman–Crippen MR) is 101 cm³/mol. The van der Waals surface area contributed by atoms with Gasteiger partial charge in [-0.25, -0.2) is 0 Å². The molecule has 0 unspecified atom stereocenters. The summed E-state index contributed by atoms with van der Waals surface area (Å²) in [5.74, 6) is 0. The third kappa shape index (κ3) is 4.49. The highest BCUT2D eigenvalue weighted by Gasteiger charge is 2.17. The molecule has 5 nitrogen and oxygen atoms in total. The Labute approximate surface area is 144 Å². The van der Waals surface area contributed by atoms with Gasteiger partial charge in [-0.05, 0) is 41.3 Å². The van der Waals surface area contributed by atoms with Crippen LogP contribution in [0.25, 0.3) is 0 Å². The van der Waals surface area contributed by atoms with E-state index in [1.807, 2.05) is 30.3 Å². The number of anilines is 3. The van der Waals surface area contributed by atoms with Crippen LogP contribution in [0.4, 0.5) is 17.1 Å². The lowest BCUT2D eigenvalue weighted by atomic mass is 9.86. The third-order valence-electron chi connectivity index (χ3n) is 3.63. The van der Waals surface area contributed by atoms with Gasteiger partial charge in [-0.15, -0.1) is 0 Å². The van der Waals surface area contributed by atoms with Gasteiger partial charge in [0.15, 0.2) is 0 Å². The molecule has 0 heterocycles. The SMILES string of the molecule is CN(C)S(=O)(=O)Nc1ccc(Nc2ccccc2C(C)(C)C)cc1. The Balaban J connectivity index is 2.19. The number of nitrogens with one attached hydrogen (secondary N) is 2. The van der Waals surface area contributed by atoms with Crippen LogP contribution < -0.4 is 10.0 Å². The highest BCUT2D eigenvalue weighted by Crippen LogP contribution is 2.31. The minimum atomic E-state index is -3.49. The van der Waals surface area contributed by atoms with Crippen LogP contribution in [0.5, 0.6) is 0 Å². The van der Waals surface area contributed by atoms with E-state index in [1.54, 1.807) is 12.1 Å². The largest absolute Gasteiger partial charge is 0.355 e. The molecule has 0 atom stereocenters. The second kappa shape index (κ2) is 6.83. The fourth-order valence-electron chi connectivity index (χ4n) is 2.26. The molecule has 2 aromatic carbocycles. The van der Waals surface area contributed by atoms with Crippen LogP contribution in [0.15, 0.2) is 48.5 Å². The quantitative estimate of drug-likeness (QED) is 0.861. The topological polar surface area (TPSA) is 61.4 Å².